The Morgan fingerprint density at radius 2 is 1.81 bits per heavy atom. The minimum Gasteiger partial charge on any atom is -0.300 e. The number of nitrogens with zero attached hydrogens (tertiary/aromatic N) is 2. The zero-order valence-electron chi connectivity index (χ0n) is 12.1. The number of hydrogen-bond donors (Lipinski definition) is 0. The van der Waals surface area contributed by atoms with Crippen LogP contribution in [0, 0.1) is 0 Å². The molecule has 1 aromatic carbocycles. The summed E-state index contributed by atoms with van der Waals surface area (Å²) in [4.78, 5) is 7.54. The number of halogens is 1. The fraction of sp³-hybridized carbons (Fsp3) is 0.471. The van der Waals surface area contributed by atoms with Crippen molar-refractivity contribution in [3.63, 3.8) is 0 Å². The minimum absolute atomic E-state index is 0.674. The summed E-state index contributed by atoms with van der Waals surface area (Å²) in [5, 5.41) is 3.57. The summed E-state index contributed by atoms with van der Waals surface area (Å²) in [7, 11) is 2.30. The fourth-order valence-electron chi connectivity index (χ4n) is 3.84. The van der Waals surface area contributed by atoms with Crippen LogP contribution >= 0.6 is 27.3 Å². The first-order chi connectivity index (χ1) is 10.2. The fourth-order valence-corrected chi connectivity index (χ4v) is 5.06. The summed E-state index contributed by atoms with van der Waals surface area (Å²) in [6.45, 7) is 0. The van der Waals surface area contributed by atoms with Crippen LogP contribution in [0.25, 0.3) is 11.3 Å². The third-order valence-electron chi connectivity index (χ3n) is 5.11. The lowest BCUT2D eigenvalue weighted by Crippen LogP contribution is -2.39. The van der Waals surface area contributed by atoms with Gasteiger partial charge in [-0.15, -0.1) is 11.3 Å². The van der Waals surface area contributed by atoms with Crippen molar-refractivity contribution < 1.29 is 0 Å². The molecular formula is C17H19BrN2S. The van der Waals surface area contributed by atoms with Crippen LogP contribution in [0.5, 0.6) is 0 Å². The van der Waals surface area contributed by atoms with E-state index in [0.717, 1.165) is 22.3 Å². The van der Waals surface area contributed by atoms with Crippen molar-refractivity contribution in [2.24, 2.45) is 0 Å². The molecule has 0 spiro atoms. The minimum atomic E-state index is 0.674. The highest BCUT2D eigenvalue weighted by atomic mass is 79.9. The topological polar surface area (TPSA) is 16.1 Å². The van der Waals surface area contributed by atoms with Crippen molar-refractivity contribution in [1.29, 1.82) is 0 Å². The van der Waals surface area contributed by atoms with Gasteiger partial charge in [0.25, 0.3) is 0 Å². The Balaban J connectivity index is 1.56. The molecule has 2 aromatic rings. The normalized spacial score (nSPS) is 29.0. The van der Waals surface area contributed by atoms with E-state index in [0.29, 0.717) is 5.92 Å². The third-order valence-corrected chi connectivity index (χ3v) is 6.65. The molecule has 110 valence electrons. The highest BCUT2D eigenvalue weighted by Crippen LogP contribution is 2.43. The van der Waals surface area contributed by atoms with Crippen molar-refractivity contribution in [1.82, 2.24) is 9.88 Å². The van der Waals surface area contributed by atoms with E-state index < -0.39 is 0 Å². The van der Waals surface area contributed by atoms with E-state index in [1.54, 1.807) is 0 Å². The first-order valence-corrected chi connectivity index (χ1v) is 9.31. The number of thiazole rings is 1. The standard InChI is InChI=1S/C17H19BrN2S/c1-20-14-6-7-15(20)9-12(8-14)17-19-16(10-21-17)11-2-4-13(18)5-3-11/h2-5,10,12,14-15H,6-9H2,1H3. The van der Waals surface area contributed by atoms with Gasteiger partial charge in [-0.1, -0.05) is 28.1 Å². The quantitative estimate of drug-likeness (QED) is 0.754. The first kappa shape index (κ1) is 13.9. The average Bonchev–Trinajstić information content (AvgIpc) is 3.03. The third kappa shape index (κ3) is 2.58. The molecule has 2 saturated heterocycles. The lowest BCUT2D eigenvalue weighted by atomic mass is 9.91. The molecule has 4 rings (SSSR count). The number of rotatable bonds is 2. The van der Waals surface area contributed by atoms with E-state index in [4.69, 9.17) is 4.98 Å². The van der Waals surface area contributed by atoms with Crippen LogP contribution < -0.4 is 0 Å². The lowest BCUT2D eigenvalue weighted by Gasteiger charge is -2.35. The summed E-state index contributed by atoms with van der Waals surface area (Å²) in [5.41, 5.74) is 2.35. The van der Waals surface area contributed by atoms with Crippen molar-refractivity contribution in [3.05, 3.63) is 39.1 Å². The predicted octanol–water partition coefficient (Wildman–Crippen LogP) is 4.91. The van der Waals surface area contributed by atoms with Crippen LogP contribution in [0.2, 0.25) is 0 Å². The van der Waals surface area contributed by atoms with Gasteiger partial charge >= 0.3 is 0 Å². The first-order valence-electron chi connectivity index (χ1n) is 7.64. The molecule has 0 N–H and O–H groups in total. The Hall–Kier alpha value is -0.710. The lowest BCUT2D eigenvalue weighted by molar-refractivity contribution is 0.161. The van der Waals surface area contributed by atoms with Gasteiger partial charge in [-0.25, -0.2) is 4.98 Å². The molecule has 2 bridgehead atoms. The molecule has 0 aliphatic carbocycles. The van der Waals surface area contributed by atoms with Crippen molar-refractivity contribution in [3.8, 4) is 11.3 Å². The SMILES string of the molecule is CN1C2CCC1CC(c1nc(-c3ccc(Br)cc3)cs1)C2. The van der Waals surface area contributed by atoms with Crippen LogP contribution in [0.3, 0.4) is 0 Å². The van der Waals surface area contributed by atoms with Gasteiger partial charge in [-0.05, 0) is 44.9 Å². The molecule has 21 heavy (non-hydrogen) atoms. The highest BCUT2D eigenvalue weighted by Gasteiger charge is 2.39. The summed E-state index contributed by atoms with van der Waals surface area (Å²) in [6.07, 6.45) is 5.34. The number of piperidine rings is 1. The average molecular weight is 363 g/mol. The summed E-state index contributed by atoms with van der Waals surface area (Å²) in [5.74, 6) is 0.674. The molecule has 2 fully saturated rings. The molecule has 2 nitrogen and oxygen atoms in total. The molecule has 2 unspecified atom stereocenters. The Morgan fingerprint density at radius 1 is 1.14 bits per heavy atom. The van der Waals surface area contributed by atoms with E-state index in [1.807, 2.05) is 11.3 Å². The Bertz CT molecular complexity index is 622. The summed E-state index contributed by atoms with van der Waals surface area (Å²) in [6, 6.07) is 10.0. The Kier molecular flexibility index (Phi) is 3.64. The number of benzene rings is 1. The molecule has 0 saturated carbocycles. The van der Waals surface area contributed by atoms with Crippen LogP contribution in [0.1, 0.15) is 36.6 Å². The van der Waals surface area contributed by atoms with Gasteiger partial charge in [-0.2, -0.15) is 0 Å². The summed E-state index contributed by atoms with van der Waals surface area (Å²) < 4.78 is 1.12. The largest absolute Gasteiger partial charge is 0.300 e. The van der Waals surface area contributed by atoms with E-state index >= 15 is 0 Å². The number of fused-ring (bicyclic) bond motifs is 2. The van der Waals surface area contributed by atoms with Gasteiger partial charge in [0.2, 0.25) is 0 Å². The second kappa shape index (κ2) is 5.49. The van der Waals surface area contributed by atoms with E-state index in [-0.39, 0.29) is 0 Å². The predicted molar refractivity (Wildman–Crippen MR) is 91.8 cm³/mol. The summed E-state index contributed by atoms with van der Waals surface area (Å²) >= 11 is 5.34. The molecule has 3 heterocycles. The molecule has 0 radical (unpaired) electrons. The molecule has 4 heteroatoms. The van der Waals surface area contributed by atoms with Gasteiger partial charge in [-0.3, -0.25) is 0 Å². The van der Waals surface area contributed by atoms with E-state index in [1.165, 1.54) is 36.3 Å². The Labute approximate surface area is 138 Å². The van der Waals surface area contributed by atoms with Gasteiger partial charge in [0.05, 0.1) is 10.7 Å². The van der Waals surface area contributed by atoms with Crippen LogP contribution in [-0.2, 0) is 0 Å². The zero-order valence-corrected chi connectivity index (χ0v) is 14.5. The van der Waals surface area contributed by atoms with E-state index in [9.17, 15) is 0 Å². The second-order valence-electron chi connectivity index (χ2n) is 6.30. The number of hydrogen-bond acceptors (Lipinski definition) is 3. The van der Waals surface area contributed by atoms with Crippen LogP contribution in [-0.4, -0.2) is 29.0 Å². The number of aromatic nitrogens is 1. The van der Waals surface area contributed by atoms with Gasteiger partial charge in [0.1, 0.15) is 0 Å². The van der Waals surface area contributed by atoms with Crippen molar-refractivity contribution >= 4 is 27.3 Å². The molecule has 0 amide bonds. The van der Waals surface area contributed by atoms with E-state index in [2.05, 4.69) is 57.5 Å². The monoisotopic (exact) mass is 362 g/mol. The van der Waals surface area contributed by atoms with Gasteiger partial charge in [0, 0.05) is 33.4 Å². The molecule has 2 aliphatic rings. The highest BCUT2D eigenvalue weighted by molar-refractivity contribution is 9.10. The second-order valence-corrected chi connectivity index (χ2v) is 8.10. The molecular weight excluding hydrogens is 344 g/mol. The Morgan fingerprint density at radius 3 is 2.48 bits per heavy atom. The zero-order chi connectivity index (χ0) is 14.4. The van der Waals surface area contributed by atoms with Crippen molar-refractivity contribution in [2.75, 3.05) is 7.05 Å². The molecule has 2 aliphatic heterocycles. The van der Waals surface area contributed by atoms with Crippen LogP contribution in [0.4, 0.5) is 0 Å². The van der Waals surface area contributed by atoms with Crippen molar-refractivity contribution in [2.45, 2.75) is 43.7 Å². The maximum absolute atomic E-state index is 4.94. The van der Waals surface area contributed by atoms with Crippen LogP contribution in [0.15, 0.2) is 34.1 Å². The maximum Gasteiger partial charge on any atom is 0.0964 e. The maximum atomic E-state index is 4.94. The van der Waals surface area contributed by atoms with Gasteiger partial charge < -0.3 is 4.90 Å². The molecule has 2 atom stereocenters. The van der Waals surface area contributed by atoms with Gasteiger partial charge in [0.15, 0.2) is 0 Å². The molecule has 1 aromatic heterocycles. The smallest absolute Gasteiger partial charge is 0.0964 e.